The molecule has 1 heterocycles. The van der Waals surface area contributed by atoms with Crippen molar-refractivity contribution in [2.45, 2.75) is 6.92 Å². The highest BCUT2D eigenvalue weighted by Crippen LogP contribution is 2.25. The fourth-order valence-electron chi connectivity index (χ4n) is 2.95. The zero-order chi connectivity index (χ0) is 21.6. The van der Waals surface area contributed by atoms with Gasteiger partial charge < -0.3 is 19.3 Å². The number of para-hydroxylation sites is 1. The molecular weight excluding hydrogens is 394 g/mol. The number of benzene rings is 3. The highest BCUT2D eigenvalue weighted by molar-refractivity contribution is 5.92. The SMILES string of the molecule is COc1ccc(-c2noc(-c3ccc(NC(=O)COc4ccccc4C)cc3)n2)cc1. The number of nitrogens with one attached hydrogen (secondary N) is 1. The summed E-state index contributed by atoms with van der Waals surface area (Å²) in [4.78, 5) is 16.6. The Labute approximate surface area is 179 Å². The van der Waals surface area contributed by atoms with Crippen LogP contribution in [0.15, 0.2) is 77.3 Å². The first-order valence-corrected chi connectivity index (χ1v) is 9.69. The van der Waals surface area contributed by atoms with Crippen LogP contribution in [0.4, 0.5) is 5.69 Å². The third-order valence-corrected chi connectivity index (χ3v) is 4.64. The maximum Gasteiger partial charge on any atom is 0.262 e. The Kier molecular flexibility index (Phi) is 5.93. The Morgan fingerprint density at radius 1 is 0.968 bits per heavy atom. The van der Waals surface area contributed by atoms with Gasteiger partial charge in [0, 0.05) is 16.8 Å². The van der Waals surface area contributed by atoms with E-state index in [9.17, 15) is 4.79 Å². The molecule has 4 rings (SSSR count). The van der Waals surface area contributed by atoms with Gasteiger partial charge in [-0.1, -0.05) is 23.4 Å². The summed E-state index contributed by atoms with van der Waals surface area (Å²) in [6, 6.07) is 22.1. The molecule has 0 saturated heterocycles. The zero-order valence-electron chi connectivity index (χ0n) is 17.2. The van der Waals surface area contributed by atoms with Crippen molar-refractivity contribution in [1.82, 2.24) is 10.1 Å². The van der Waals surface area contributed by atoms with Gasteiger partial charge in [-0.15, -0.1) is 0 Å². The number of anilines is 1. The number of rotatable bonds is 7. The zero-order valence-corrected chi connectivity index (χ0v) is 17.2. The molecule has 3 aromatic carbocycles. The molecule has 0 aliphatic heterocycles. The number of carbonyl (C=O) groups excluding carboxylic acids is 1. The summed E-state index contributed by atoms with van der Waals surface area (Å²) in [6.07, 6.45) is 0. The average Bonchev–Trinajstić information content (AvgIpc) is 3.29. The Balaban J connectivity index is 1.37. The van der Waals surface area contributed by atoms with Crippen LogP contribution in [0.5, 0.6) is 11.5 Å². The molecule has 31 heavy (non-hydrogen) atoms. The minimum Gasteiger partial charge on any atom is -0.497 e. The molecule has 1 N–H and O–H groups in total. The van der Waals surface area contributed by atoms with Crippen LogP contribution in [0.2, 0.25) is 0 Å². The second-order valence-electron chi connectivity index (χ2n) is 6.83. The Morgan fingerprint density at radius 3 is 2.39 bits per heavy atom. The number of aromatic nitrogens is 2. The van der Waals surface area contributed by atoms with Crippen LogP contribution in [0.3, 0.4) is 0 Å². The summed E-state index contributed by atoms with van der Waals surface area (Å²) in [7, 11) is 1.62. The van der Waals surface area contributed by atoms with Crippen LogP contribution in [-0.2, 0) is 4.79 Å². The van der Waals surface area contributed by atoms with Gasteiger partial charge in [0.1, 0.15) is 11.5 Å². The maximum atomic E-state index is 12.2. The van der Waals surface area contributed by atoms with Gasteiger partial charge in [-0.25, -0.2) is 0 Å². The van der Waals surface area contributed by atoms with E-state index in [1.807, 2.05) is 67.6 Å². The maximum absolute atomic E-state index is 12.2. The number of aryl methyl sites for hydroxylation is 1. The number of ether oxygens (including phenoxy) is 2. The molecular formula is C24H21N3O4. The molecule has 1 aromatic heterocycles. The molecule has 7 nitrogen and oxygen atoms in total. The largest absolute Gasteiger partial charge is 0.497 e. The first-order valence-electron chi connectivity index (χ1n) is 9.69. The van der Waals surface area contributed by atoms with E-state index in [1.54, 1.807) is 19.2 Å². The highest BCUT2D eigenvalue weighted by Gasteiger charge is 2.11. The molecule has 0 saturated carbocycles. The van der Waals surface area contributed by atoms with Gasteiger partial charge >= 0.3 is 0 Å². The summed E-state index contributed by atoms with van der Waals surface area (Å²) < 4.78 is 16.1. The van der Waals surface area contributed by atoms with Crippen LogP contribution in [0.1, 0.15) is 5.56 Å². The van der Waals surface area contributed by atoms with E-state index in [0.717, 1.165) is 22.4 Å². The third-order valence-electron chi connectivity index (χ3n) is 4.64. The van der Waals surface area contributed by atoms with E-state index >= 15 is 0 Å². The lowest BCUT2D eigenvalue weighted by molar-refractivity contribution is -0.118. The second kappa shape index (κ2) is 9.13. The summed E-state index contributed by atoms with van der Waals surface area (Å²) in [6.45, 7) is 1.87. The molecule has 0 unspecified atom stereocenters. The van der Waals surface area contributed by atoms with E-state index in [0.29, 0.717) is 23.2 Å². The number of carbonyl (C=O) groups is 1. The van der Waals surface area contributed by atoms with Crippen LogP contribution >= 0.6 is 0 Å². The fraction of sp³-hybridized carbons (Fsp3) is 0.125. The topological polar surface area (TPSA) is 86.5 Å². The van der Waals surface area contributed by atoms with Crippen molar-refractivity contribution in [3.8, 4) is 34.3 Å². The molecule has 4 aromatic rings. The molecule has 0 atom stereocenters. The number of hydrogen-bond donors (Lipinski definition) is 1. The highest BCUT2D eigenvalue weighted by atomic mass is 16.5. The lowest BCUT2D eigenvalue weighted by Crippen LogP contribution is -2.20. The smallest absolute Gasteiger partial charge is 0.262 e. The standard InChI is InChI=1S/C24H21N3O4/c1-16-5-3-4-6-21(16)30-15-22(28)25-19-11-7-18(8-12-19)24-26-23(27-31-24)17-9-13-20(29-2)14-10-17/h3-14H,15H2,1-2H3,(H,25,28). The predicted octanol–water partition coefficient (Wildman–Crippen LogP) is 4.74. The lowest BCUT2D eigenvalue weighted by Gasteiger charge is -2.09. The molecule has 0 radical (unpaired) electrons. The molecule has 0 fully saturated rings. The van der Waals surface area contributed by atoms with Gasteiger partial charge in [-0.2, -0.15) is 4.98 Å². The van der Waals surface area contributed by atoms with Crippen LogP contribution in [0, 0.1) is 6.92 Å². The third kappa shape index (κ3) is 4.90. The average molecular weight is 415 g/mol. The summed E-state index contributed by atoms with van der Waals surface area (Å²) in [5, 5.41) is 6.85. The fourth-order valence-corrected chi connectivity index (χ4v) is 2.95. The van der Waals surface area contributed by atoms with Crippen molar-refractivity contribution in [1.29, 1.82) is 0 Å². The summed E-state index contributed by atoms with van der Waals surface area (Å²) in [5.41, 5.74) is 3.21. The van der Waals surface area contributed by atoms with Crippen LogP contribution in [-0.4, -0.2) is 29.8 Å². The van der Waals surface area contributed by atoms with E-state index in [-0.39, 0.29) is 12.5 Å². The van der Waals surface area contributed by atoms with Gasteiger partial charge in [0.15, 0.2) is 6.61 Å². The molecule has 1 amide bonds. The Hall–Kier alpha value is -4.13. The van der Waals surface area contributed by atoms with Crippen LogP contribution in [0.25, 0.3) is 22.8 Å². The molecule has 7 heteroatoms. The predicted molar refractivity (Wildman–Crippen MR) is 117 cm³/mol. The first kappa shape index (κ1) is 20.2. The molecule has 156 valence electrons. The Morgan fingerprint density at radius 2 is 1.68 bits per heavy atom. The van der Waals surface area contributed by atoms with Gasteiger partial charge in [-0.05, 0) is 67.1 Å². The van der Waals surface area contributed by atoms with Crippen molar-refractivity contribution in [2.75, 3.05) is 19.0 Å². The summed E-state index contributed by atoms with van der Waals surface area (Å²) in [5.74, 6) is 2.09. The number of methoxy groups -OCH3 is 1. The molecule has 0 aliphatic carbocycles. The molecule has 0 aliphatic rings. The monoisotopic (exact) mass is 415 g/mol. The van der Waals surface area contributed by atoms with Gasteiger partial charge in [-0.3, -0.25) is 4.79 Å². The summed E-state index contributed by atoms with van der Waals surface area (Å²) >= 11 is 0. The number of nitrogens with zero attached hydrogens (tertiary/aromatic N) is 2. The molecule has 0 spiro atoms. The normalized spacial score (nSPS) is 10.5. The number of hydrogen-bond acceptors (Lipinski definition) is 6. The van der Waals surface area contributed by atoms with Crippen molar-refractivity contribution >= 4 is 11.6 Å². The van der Waals surface area contributed by atoms with E-state index in [2.05, 4.69) is 15.5 Å². The van der Waals surface area contributed by atoms with Crippen molar-refractivity contribution in [3.05, 3.63) is 78.4 Å². The van der Waals surface area contributed by atoms with Crippen molar-refractivity contribution in [2.24, 2.45) is 0 Å². The van der Waals surface area contributed by atoms with E-state index in [4.69, 9.17) is 14.0 Å². The van der Waals surface area contributed by atoms with E-state index < -0.39 is 0 Å². The number of amides is 1. The first-order chi connectivity index (χ1) is 15.1. The van der Waals surface area contributed by atoms with E-state index in [1.165, 1.54) is 0 Å². The van der Waals surface area contributed by atoms with Gasteiger partial charge in [0.05, 0.1) is 7.11 Å². The Bertz CT molecular complexity index is 1170. The van der Waals surface area contributed by atoms with Gasteiger partial charge in [0.25, 0.3) is 11.8 Å². The molecule has 0 bridgehead atoms. The minimum absolute atomic E-state index is 0.0680. The minimum atomic E-state index is -0.240. The van der Waals surface area contributed by atoms with Crippen molar-refractivity contribution < 1.29 is 18.8 Å². The quantitative estimate of drug-likeness (QED) is 0.469. The van der Waals surface area contributed by atoms with Gasteiger partial charge in [0.2, 0.25) is 5.82 Å². The second-order valence-corrected chi connectivity index (χ2v) is 6.83. The lowest BCUT2D eigenvalue weighted by atomic mass is 10.2. The van der Waals surface area contributed by atoms with Crippen molar-refractivity contribution in [3.63, 3.8) is 0 Å². The van der Waals surface area contributed by atoms with Crippen LogP contribution < -0.4 is 14.8 Å².